The van der Waals surface area contributed by atoms with Gasteiger partial charge in [0.05, 0.1) is 12.4 Å². The van der Waals surface area contributed by atoms with Gasteiger partial charge in [-0.15, -0.1) is 0 Å². The van der Waals surface area contributed by atoms with Crippen molar-refractivity contribution in [2.45, 2.75) is 57.7 Å². The molecule has 0 fully saturated rings. The van der Waals surface area contributed by atoms with Gasteiger partial charge in [-0.05, 0) is 18.8 Å². The molecular formula is C19H30N6O7. The first kappa shape index (κ1) is 26.6. The molecule has 0 aliphatic heterocycles. The van der Waals surface area contributed by atoms with Crippen molar-refractivity contribution in [2.75, 3.05) is 6.54 Å². The molecule has 1 aromatic rings. The first-order valence-electron chi connectivity index (χ1n) is 10.0. The molecule has 178 valence electrons. The van der Waals surface area contributed by atoms with E-state index in [4.69, 9.17) is 15.9 Å². The SMILES string of the molecule is CC(C)CC(NC(=O)C(CCC(=O)O)NC(=O)C(N)Cc1cnc[nH]1)C(=O)NCC(=O)O. The number of imidazole rings is 1. The van der Waals surface area contributed by atoms with Crippen molar-refractivity contribution >= 4 is 29.7 Å². The molecule has 8 N–H and O–H groups in total. The predicted octanol–water partition coefficient (Wildman–Crippen LogP) is -1.64. The van der Waals surface area contributed by atoms with E-state index in [1.165, 1.54) is 12.5 Å². The lowest BCUT2D eigenvalue weighted by atomic mass is 10.0. The van der Waals surface area contributed by atoms with Gasteiger partial charge in [-0.1, -0.05) is 13.8 Å². The number of aromatic nitrogens is 2. The number of nitrogens with one attached hydrogen (secondary N) is 4. The fourth-order valence-electron chi connectivity index (χ4n) is 2.80. The van der Waals surface area contributed by atoms with Crippen LogP contribution in [0, 0.1) is 5.92 Å². The van der Waals surface area contributed by atoms with Crippen molar-refractivity contribution < 1.29 is 34.2 Å². The van der Waals surface area contributed by atoms with Crippen LogP contribution < -0.4 is 21.7 Å². The zero-order chi connectivity index (χ0) is 24.3. The summed E-state index contributed by atoms with van der Waals surface area (Å²) in [6, 6.07) is -3.35. The highest BCUT2D eigenvalue weighted by Gasteiger charge is 2.29. The second-order valence-electron chi connectivity index (χ2n) is 7.68. The zero-order valence-corrected chi connectivity index (χ0v) is 18.0. The van der Waals surface area contributed by atoms with Gasteiger partial charge in [0, 0.05) is 24.7 Å². The highest BCUT2D eigenvalue weighted by molar-refractivity contribution is 5.93. The Morgan fingerprint density at radius 1 is 1.03 bits per heavy atom. The van der Waals surface area contributed by atoms with E-state index in [2.05, 4.69) is 25.9 Å². The monoisotopic (exact) mass is 454 g/mol. The number of amides is 3. The lowest BCUT2D eigenvalue weighted by molar-refractivity contribution is -0.138. The van der Waals surface area contributed by atoms with E-state index in [1.54, 1.807) is 0 Å². The molecule has 13 nitrogen and oxygen atoms in total. The number of carboxylic acid groups (broad SMARTS) is 2. The summed E-state index contributed by atoms with van der Waals surface area (Å²) in [6.07, 6.45) is 2.60. The van der Waals surface area contributed by atoms with Crippen molar-refractivity contribution in [1.82, 2.24) is 25.9 Å². The Hall–Kier alpha value is -3.48. The van der Waals surface area contributed by atoms with E-state index in [0.717, 1.165) is 0 Å². The number of aliphatic carboxylic acids is 2. The maximum atomic E-state index is 12.8. The normalized spacial score (nSPS) is 13.6. The van der Waals surface area contributed by atoms with Crippen LogP contribution >= 0.6 is 0 Å². The number of hydrogen-bond donors (Lipinski definition) is 7. The van der Waals surface area contributed by atoms with Crippen molar-refractivity contribution in [3.05, 3.63) is 18.2 Å². The molecule has 13 heteroatoms. The van der Waals surface area contributed by atoms with E-state index in [0.29, 0.717) is 5.69 Å². The van der Waals surface area contributed by atoms with Crippen LogP contribution in [0.1, 0.15) is 38.8 Å². The van der Waals surface area contributed by atoms with Crippen molar-refractivity contribution in [2.24, 2.45) is 11.7 Å². The maximum absolute atomic E-state index is 12.8. The minimum Gasteiger partial charge on any atom is -0.481 e. The van der Waals surface area contributed by atoms with Crippen molar-refractivity contribution in [1.29, 1.82) is 0 Å². The van der Waals surface area contributed by atoms with Crippen LogP contribution in [0.4, 0.5) is 0 Å². The molecule has 3 atom stereocenters. The third kappa shape index (κ3) is 10.0. The average Bonchev–Trinajstić information content (AvgIpc) is 3.20. The molecule has 32 heavy (non-hydrogen) atoms. The molecule has 0 aliphatic rings. The van der Waals surface area contributed by atoms with Crippen molar-refractivity contribution in [3.8, 4) is 0 Å². The summed E-state index contributed by atoms with van der Waals surface area (Å²) in [5.74, 6) is -4.59. The van der Waals surface area contributed by atoms with Gasteiger partial charge < -0.3 is 36.9 Å². The largest absolute Gasteiger partial charge is 0.481 e. The van der Waals surface area contributed by atoms with E-state index in [1.807, 2.05) is 13.8 Å². The molecule has 0 aromatic carbocycles. The van der Waals surface area contributed by atoms with Crippen molar-refractivity contribution in [3.63, 3.8) is 0 Å². The summed E-state index contributed by atoms with van der Waals surface area (Å²) in [5, 5.41) is 24.8. The Balaban J connectivity index is 2.87. The van der Waals surface area contributed by atoms with Gasteiger partial charge in [0.2, 0.25) is 17.7 Å². The Morgan fingerprint density at radius 2 is 1.69 bits per heavy atom. The molecule has 3 unspecified atom stereocenters. The fourth-order valence-corrected chi connectivity index (χ4v) is 2.80. The molecule has 0 radical (unpaired) electrons. The van der Waals surface area contributed by atoms with Gasteiger partial charge in [0.1, 0.15) is 18.6 Å². The summed E-state index contributed by atoms with van der Waals surface area (Å²) < 4.78 is 0. The summed E-state index contributed by atoms with van der Waals surface area (Å²) >= 11 is 0. The summed E-state index contributed by atoms with van der Waals surface area (Å²) in [6.45, 7) is 2.99. The first-order valence-corrected chi connectivity index (χ1v) is 10.0. The van der Waals surface area contributed by atoms with Crippen LogP contribution in [0.2, 0.25) is 0 Å². The Morgan fingerprint density at radius 3 is 2.22 bits per heavy atom. The number of aromatic amines is 1. The average molecular weight is 454 g/mol. The fraction of sp³-hybridized carbons (Fsp3) is 0.579. The number of nitrogens with two attached hydrogens (primary N) is 1. The maximum Gasteiger partial charge on any atom is 0.322 e. The van der Waals surface area contributed by atoms with Gasteiger partial charge in [-0.2, -0.15) is 0 Å². The third-order valence-electron chi connectivity index (χ3n) is 4.37. The molecular weight excluding hydrogens is 424 g/mol. The molecule has 1 heterocycles. The number of carboxylic acids is 2. The molecule has 0 aliphatic carbocycles. The minimum atomic E-state index is -1.26. The third-order valence-corrected chi connectivity index (χ3v) is 4.37. The molecule has 1 aromatic heterocycles. The summed E-state index contributed by atoms with van der Waals surface area (Å²) in [5.41, 5.74) is 6.47. The van der Waals surface area contributed by atoms with Crippen LogP contribution in [-0.2, 0) is 30.4 Å². The highest BCUT2D eigenvalue weighted by Crippen LogP contribution is 2.07. The standard InChI is InChI=1S/C19H30N6O7/c1-10(2)5-14(18(31)22-8-16(28)29)25-19(32)13(3-4-15(26)27)24-17(30)12(20)6-11-7-21-9-23-11/h7,9-10,12-14H,3-6,8,20H2,1-2H3,(H,21,23)(H,22,31)(H,24,30)(H,25,32)(H,26,27)(H,28,29). The van der Waals surface area contributed by atoms with E-state index >= 15 is 0 Å². The second kappa shape index (κ2) is 13.0. The van der Waals surface area contributed by atoms with Crippen LogP contribution in [0.25, 0.3) is 0 Å². The Kier molecular flexibility index (Phi) is 10.8. The van der Waals surface area contributed by atoms with E-state index in [-0.39, 0.29) is 25.2 Å². The van der Waals surface area contributed by atoms with Gasteiger partial charge in [-0.25, -0.2) is 4.98 Å². The smallest absolute Gasteiger partial charge is 0.322 e. The minimum absolute atomic E-state index is 0.0224. The first-order chi connectivity index (χ1) is 15.0. The predicted molar refractivity (Wildman–Crippen MR) is 111 cm³/mol. The van der Waals surface area contributed by atoms with Crippen LogP contribution in [0.5, 0.6) is 0 Å². The molecule has 0 spiro atoms. The van der Waals surface area contributed by atoms with Gasteiger partial charge in [-0.3, -0.25) is 24.0 Å². The number of nitrogens with zero attached hydrogens (tertiary/aromatic N) is 1. The highest BCUT2D eigenvalue weighted by atomic mass is 16.4. The molecule has 3 amide bonds. The zero-order valence-electron chi connectivity index (χ0n) is 18.0. The van der Waals surface area contributed by atoms with Crippen LogP contribution in [0.3, 0.4) is 0 Å². The van der Waals surface area contributed by atoms with Crippen LogP contribution in [-0.4, -0.2) is 74.5 Å². The number of hydrogen-bond acceptors (Lipinski definition) is 7. The molecule has 0 saturated carbocycles. The second-order valence-corrected chi connectivity index (χ2v) is 7.68. The quantitative estimate of drug-likeness (QED) is 0.171. The van der Waals surface area contributed by atoms with Gasteiger partial charge in [0.15, 0.2) is 0 Å². The van der Waals surface area contributed by atoms with Gasteiger partial charge in [0.25, 0.3) is 0 Å². The summed E-state index contributed by atoms with van der Waals surface area (Å²) in [4.78, 5) is 65.9. The molecule has 0 bridgehead atoms. The topological polar surface area (TPSA) is 217 Å². The molecule has 1 rings (SSSR count). The molecule has 0 saturated heterocycles. The van der Waals surface area contributed by atoms with Gasteiger partial charge >= 0.3 is 11.9 Å². The van der Waals surface area contributed by atoms with E-state index < -0.39 is 60.8 Å². The summed E-state index contributed by atoms with van der Waals surface area (Å²) in [7, 11) is 0. The Labute approximate surface area is 184 Å². The number of H-pyrrole nitrogens is 1. The lowest BCUT2D eigenvalue weighted by Gasteiger charge is -2.24. The van der Waals surface area contributed by atoms with E-state index in [9.17, 15) is 24.0 Å². The number of carbonyl (C=O) groups excluding carboxylic acids is 3. The number of carbonyl (C=O) groups is 5. The Bertz CT molecular complexity index is 796. The lowest BCUT2D eigenvalue weighted by Crippen LogP contribution is -2.56. The van der Waals surface area contributed by atoms with Crippen LogP contribution in [0.15, 0.2) is 12.5 Å². The number of rotatable bonds is 14.